The Labute approximate surface area is 61.2 Å². The molecular formula is C5H5N3O3. The molecule has 1 rings (SSSR count). The number of amides is 1. The number of hydrogen-bond acceptors (Lipinski definition) is 4. The van der Waals surface area contributed by atoms with E-state index in [0.29, 0.717) is 4.57 Å². The highest BCUT2D eigenvalue weighted by atomic mass is 16.3. The van der Waals surface area contributed by atoms with Gasteiger partial charge in [0.25, 0.3) is 0 Å². The second kappa shape index (κ2) is 2.41. The van der Waals surface area contributed by atoms with Crippen LogP contribution in [0.4, 0.5) is 4.79 Å². The molecule has 0 radical (unpaired) electrons. The van der Waals surface area contributed by atoms with Crippen molar-refractivity contribution < 1.29 is 15.0 Å². The molecule has 0 atom stereocenters. The van der Waals surface area contributed by atoms with Gasteiger partial charge >= 0.3 is 6.03 Å². The molecule has 0 aliphatic carbocycles. The van der Waals surface area contributed by atoms with E-state index in [-0.39, 0.29) is 0 Å². The van der Waals surface area contributed by atoms with Crippen molar-refractivity contribution in [2.45, 2.75) is 0 Å². The highest BCUT2D eigenvalue weighted by Crippen LogP contribution is 2.20. The minimum atomic E-state index is -1.04. The number of rotatable bonds is 0. The van der Waals surface area contributed by atoms with E-state index >= 15 is 0 Å². The predicted molar refractivity (Wildman–Crippen MR) is 33.7 cm³/mol. The molecule has 0 saturated heterocycles. The summed E-state index contributed by atoms with van der Waals surface area (Å²) in [4.78, 5) is 10.6. The van der Waals surface area contributed by atoms with Crippen molar-refractivity contribution >= 4 is 6.03 Å². The van der Waals surface area contributed by atoms with Gasteiger partial charge < -0.3 is 10.2 Å². The summed E-state index contributed by atoms with van der Waals surface area (Å²) in [6, 6.07) is 1.21. The molecule has 0 fully saturated rings. The maximum atomic E-state index is 10.6. The first-order chi connectivity index (χ1) is 5.16. The van der Waals surface area contributed by atoms with E-state index in [0.717, 1.165) is 12.1 Å². The molecule has 0 saturated carbocycles. The predicted octanol–water partition coefficient (Wildman–Crippen LogP) is 0.898. The van der Waals surface area contributed by atoms with E-state index in [1.807, 2.05) is 0 Å². The third-order valence-corrected chi connectivity index (χ3v) is 1.13. The van der Waals surface area contributed by atoms with Gasteiger partial charge in [-0.05, 0) is 0 Å². The molecule has 1 aromatic rings. The zero-order chi connectivity index (χ0) is 8.43. The second-order valence-corrected chi connectivity index (χ2v) is 1.78. The summed E-state index contributed by atoms with van der Waals surface area (Å²) in [7, 11) is 0. The lowest BCUT2D eigenvalue weighted by atomic mass is 10.6. The minimum Gasteiger partial charge on any atom is -0.494 e. The van der Waals surface area contributed by atoms with Crippen molar-refractivity contribution in [2.24, 2.45) is 5.11 Å². The lowest BCUT2D eigenvalue weighted by molar-refractivity contribution is 0.242. The lowest BCUT2D eigenvalue weighted by Gasteiger charge is -1.97. The minimum absolute atomic E-state index is 0.441. The Morgan fingerprint density at radius 2 is 1.91 bits per heavy atom. The van der Waals surface area contributed by atoms with Gasteiger partial charge in [0.1, 0.15) is 0 Å². The molecule has 1 amide bonds. The number of aromatic nitrogens is 1. The highest BCUT2D eigenvalue weighted by Gasteiger charge is 2.11. The number of aromatic hydroxyl groups is 2. The number of hydrogen-bond donors (Lipinski definition) is 3. The molecule has 6 heteroatoms. The van der Waals surface area contributed by atoms with E-state index in [4.69, 9.17) is 15.7 Å². The molecule has 1 aromatic heterocycles. The summed E-state index contributed by atoms with van der Waals surface area (Å²) in [6.07, 6.45) is 0. The highest BCUT2D eigenvalue weighted by molar-refractivity contribution is 5.80. The van der Waals surface area contributed by atoms with E-state index in [1.165, 1.54) is 0 Å². The largest absolute Gasteiger partial charge is 0.494 e. The first-order valence-electron chi connectivity index (χ1n) is 2.68. The normalized spacial score (nSPS) is 9.45. The number of carbonyl (C=O) groups excluding carboxylic acids is 1. The number of carbonyl (C=O) groups is 1. The molecule has 58 valence electrons. The fourth-order valence-corrected chi connectivity index (χ4v) is 0.661. The monoisotopic (exact) mass is 155 g/mol. The van der Waals surface area contributed by atoms with Gasteiger partial charge in [0.15, 0.2) is 0 Å². The van der Waals surface area contributed by atoms with Gasteiger partial charge in [-0.1, -0.05) is 5.11 Å². The van der Waals surface area contributed by atoms with Gasteiger partial charge in [0.2, 0.25) is 11.8 Å². The van der Waals surface area contributed by atoms with Gasteiger partial charge in [-0.15, -0.1) is 0 Å². The van der Waals surface area contributed by atoms with Crippen LogP contribution < -0.4 is 0 Å². The smallest absolute Gasteiger partial charge is 0.375 e. The molecule has 1 heterocycles. The van der Waals surface area contributed by atoms with Crippen molar-refractivity contribution in [3.8, 4) is 11.8 Å². The fourth-order valence-electron chi connectivity index (χ4n) is 0.661. The molecule has 0 bridgehead atoms. The van der Waals surface area contributed by atoms with E-state index < -0.39 is 17.8 Å². The van der Waals surface area contributed by atoms with Crippen molar-refractivity contribution in [1.29, 1.82) is 5.53 Å². The summed E-state index contributed by atoms with van der Waals surface area (Å²) in [5.74, 6) is -0.882. The van der Waals surface area contributed by atoms with E-state index in [9.17, 15) is 4.79 Å². The molecule has 0 unspecified atom stereocenters. The summed E-state index contributed by atoms with van der Waals surface area (Å²) >= 11 is 0. The summed E-state index contributed by atoms with van der Waals surface area (Å²) in [5, 5.41) is 20.2. The Hall–Kier alpha value is -1.85. The molecule has 0 aromatic carbocycles. The quantitative estimate of drug-likeness (QED) is 0.485. The molecule has 0 spiro atoms. The van der Waals surface area contributed by atoms with Gasteiger partial charge in [-0.2, -0.15) is 10.1 Å². The van der Waals surface area contributed by atoms with Crippen LogP contribution in [0.1, 0.15) is 0 Å². The Bertz CT molecular complexity index is 284. The second-order valence-electron chi connectivity index (χ2n) is 1.78. The first-order valence-corrected chi connectivity index (χ1v) is 2.68. The van der Waals surface area contributed by atoms with Crippen LogP contribution in [0.25, 0.3) is 0 Å². The van der Waals surface area contributed by atoms with Crippen LogP contribution in [0.2, 0.25) is 0 Å². The van der Waals surface area contributed by atoms with Crippen LogP contribution in [0, 0.1) is 5.53 Å². The number of nitrogens with one attached hydrogen (secondary N) is 1. The average molecular weight is 155 g/mol. The Balaban J connectivity index is 3.20. The van der Waals surface area contributed by atoms with Crippen LogP contribution in [-0.2, 0) is 0 Å². The third-order valence-electron chi connectivity index (χ3n) is 1.13. The van der Waals surface area contributed by atoms with Gasteiger partial charge in [0.05, 0.1) is 0 Å². The average Bonchev–Trinajstić information content (AvgIpc) is 2.30. The van der Waals surface area contributed by atoms with Gasteiger partial charge in [-0.25, -0.2) is 4.79 Å². The van der Waals surface area contributed by atoms with Crippen molar-refractivity contribution in [2.75, 3.05) is 0 Å². The van der Waals surface area contributed by atoms with E-state index in [1.54, 1.807) is 0 Å². The molecule has 3 N–H and O–H groups in total. The molecular weight excluding hydrogens is 150 g/mol. The Morgan fingerprint density at radius 1 is 1.45 bits per heavy atom. The Kier molecular flexibility index (Phi) is 1.59. The maximum absolute atomic E-state index is 10.6. The van der Waals surface area contributed by atoms with Crippen LogP contribution >= 0.6 is 0 Å². The fraction of sp³-hybridized carbons (Fsp3) is 0. The zero-order valence-electron chi connectivity index (χ0n) is 5.35. The first kappa shape index (κ1) is 7.26. The van der Waals surface area contributed by atoms with Crippen LogP contribution in [0.5, 0.6) is 11.8 Å². The molecule has 11 heavy (non-hydrogen) atoms. The SMILES string of the molecule is N=NC(=O)n1c(O)ccc1O. The van der Waals surface area contributed by atoms with E-state index in [2.05, 4.69) is 5.11 Å². The van der Waals surface area contributed by atoms with Gasteiger partial charge in [-0.3, -0.25) is 0 Å². The Morgan fingerprint density at radius 3 is 2.27 bits per heavy atom. The van der Waals surface area contributed by atoms with Crippen LogP contribution in [-0.4, -0.2) is 20.8 Å². The summed E-state index contributed by atoms with van der Waals surface area (Å²) in [6.45, 7) is 0. The zero-order valence-corrected chi connectivity index (χ0v) is 5.35. The molecule has 0 aliphatic heterocycles. The standard InChI is InChI=1S/C5H5N3O3/c6-7-5(11)8-3(9)1-2-4(8)10/h1-2,6,9-10H. The topological polar surface area (TPSA) is 98.7 Å². The molecule has 6 nitrogen and oxygen atoms in total. The van der Waals surface area contributed by atoms with Gasteiger partial charge in [0, 0.05) is 12.1 Å². The molecule has 0 aliphatic rings. The van der Waals surface area contributed by atoms with Crippen LogP contribution in [0.3, 0.4) is 0 Å². The summed E-state index contributed by atoms with van der Waals surface area (Å²) in [5.41, 5.74) is 6.31. The number of nitrogens with zero attached hydrogens (tertiary/aromatic N) is 2. The van der Waals surface area contributed by atoms with Crippen molar-refractivity contribution in [3.05, 3.63) is 12.1 Å². The third kappa shape index (κ3) is 1.05. The lowest BCUT2D eigenvalue weighted by Crippen LogP contribution is -2.03. The summed E-state index contributed by atoms with van der Waals surface area (Å²) < 4.78 is 0.507. The van der Waals surface area contributed by atoms with Crippen molar-refractivity contribution in [1.82, 2.24) is 4.57 Å². The van der Waals surface area contributed by atoms with Crippen molar-refractivity contribution in [3.63, 3.8) is 0 Å². The van der Waals surface area contributed by atoms with Crippen LogP contribution in [0.15, 0.2) is 17.2 Å². The maximum Gasteiger partial charge on any atom is 0.375 e.